The summed E-state index contributed by atoms with van der Waals surface area (Å²) < 4.78 is 19.7. The normalized spacial score (nSPS) is 14.1. The fourth-order valence-corrected chi connectivity index (χ4v) is 5.36. The molecule has 0 N–H and O–H groups in total. The van der Waals surface area contributed by atoms with Crippen LogP contribution in [-0.2, 0) is 6.61 Å². The fourth-order valence-electron chi connectivity index (χ4n) is 5.36. The third-order valence-electron chi connectivity index (χ3n) is 7.51. The second-order valence-corrected chi connectivity index (χ2v) is 9.75. The maximum Gasteiger partial charge on any atom is 0.228 e. The van der Waals surface area contributed by atoms with Crippen molar-refractivity contribution in [2.45, 2.75) is 26.4 Å². The SMILES string of the molecule is COc1ccc([C@@H]2c3c(ccc4ccccc34)Oc3ncn4nc(COc5cccc(C)c5C)nc4c32)cc1. The van der Waals surface area contributed by atoms with Gasteiger partial charge in [0, 0.05) is 11.5 Å². The van der Waals surface area contributed by atoms with Crippen LogP contribution in [-0.4, -0.2) is 26.7 Å². The summed E-state index contributed by atoms with van der Waals surface area (Å²) in [6.45, 7) is 4.37. The minimum Gasteiger partial charge on any atom is -0.497 e. The van der Waals surface area contributed by atoms with E-state index in [-0.39, 0.29) is 12.5 Å². The van der Waals surface area contributed by atoms with E-state index in [1.807, 2.05) is 30.3 Å². The van der Waals surface area contributed by atoms with E-state index < -0.39 is 0 Å². The molecule has 7 rings (SSSR count). The molecule has 7 nitrogen and oxygen atoms in total. The standard InChI is InChI=1S/C32H26N4O3/c1-19-7-6-10-25(20(19)2)38-17-27-34-31-30-28(22-11-14-23(37-3)15-12-22)29-24-9-5-4-8-21(24)13-16-26(29)39-32(30)33-18-36(31)35-27/h4-16,18,28H,17H2,1-3H3/t28-/m1/s1. The van der Waals surface area contributed by atoms with Gasteiger partial charge in [0.2, 0.25) is 5.88 Å². The van der Waals surface area contributed by atoms with Gasteiger partial charge in [-0.15, -0.1) is 5.10 Å². The molecule has 0 spiro atoms. The highest BCUT2D eigenvalue weighted by atomic mass is 16.5. The van der Waals surface area contributed by atoms with Gasteiger partial charge in [-0.2, -0.15) is 0 Å². The number of nitrogens with zero attached hydrogens (tertiary/aromatic N) is 4. The summed E-state index contributed by atoms with van der Waals surface area (Å²) in [6, 6.07) is 26.7. The second kappa shape index (κ2) is 9.13. The summed E-state index contributed by atoms with van der Waals surface area (Å²) in [7, 11) is 1.67. The van der Waals surface area contributed by atoms with E-state index in [1.54, 1.807) is 18.0 Å². The van der Waals surface area contributed by atoms with Gasteiger partial charge in [-0.1, -0.05) is 54.6 Å². The third kappa shape index (κ3) is 3.85. The first-order valence-electron chi connectivity index (χ1n) is 12.9. The van der Waals surface area contributed by atoms with Crippen molar-refractivity contribution in [1.82, 2.24) is 19.6 Å². The summed E-state index contributed by atoms with van der Waals surface area (Å²) in [5.41, 5.74) is 6.02. The largest absolute Gasteiger partial charge is 0.497 e. The summed E-state index contributed by atoms with van der Waals surface area (Å²) in [6.07, 6.45) is 1.65. The Morgan fingerprint density at radius 3 is 2.59 bits per heavy atom. The lowest BCUT2D eigenvalue weighted by Gasteiger charge is -2.29. The highest BCUT2D eigenvalue weighted by Crippen LogP contribution is 2.50. The first-order valence-corrected chi connectivity index (χ1v) is 12.9. The molecule has 192 valence electrons. The Morgan fingerprint density at radius 1 is 0.897 bits per heavy atom. The van der Waals surface area contributed by atoms with E-state index in [1.165, 1.54) is 5.56 Å². The van der Waals surface area contributed by atoms with Crippen molar-refractivity contribution in [3.05, 3.63) is 119 Å². The topological polar surface area (TPSA) is 70.8 Å². The predicted molar refractivity (Wildman–Crippen MR) is 149 cm³/mol. The van der Waals surface area contributed by atoms with Gasteiger partial charge in [-0.3, -0.25) is 0 Å². The molecule has 1 atom stereocenters. The van der Waals surface area contributed by atoms with E-state index in [4.69, 9.17) is 24.3 Å². The van der Waals surface area contributed by atoms with E-state index in [9.17, 15) is 0 Å². The molecular weight excluding hydrogens is 488 g/mol. The van der Waals surface area contributed by atoms with E-state index in [0.717, 1.165) is 50.3 Å². The van der Waals surface area contributed by atoms with E-state index >= 15 is 0 Å². The Labute approximate surface area is 225 Å². The van der Waals surface area contributed by atoms with Gasteiger partial charge in [-0.05, 0) is 65.6 Å². The Balaban J connectivity index is 1.39. The summed E-state index contributed by atoms with van der Waals surface area (Å²) in [5, 5.41) is 6.97. The molecule has 3 heterocycles. The molecular formula is C32H26N4O3. The Hall–Kier alpha value is -4.91. The molecule has 0 saturated carbocycles. The first-order chi connectivity index (χ1) is 19.1. The van der Waals surface area contributed by atoms with Crippen molar-refractivity contribution >= 4 is 16.4 Å². The average molecular weight is 515 g/mol. The third-order valence-corrected chi connectivity index (χ3v) is 7.51. The molecule has 0 aliphatic carbocycles. The van der Waals surface area contributed by atoms with Crippen molar-refractivity contribution in [2.75, 3.05) is 7.11 Å². The maximum atomic E-state index is 6.41. The number of methoxy groups -OCH3 is 1. The van der Waals surface area contributed by atoms with Crippen molar-refractivity contribution < 1.29 is 14.2 Å². The molecule has 7 heteroatoms. The minimum absolute atomic E-state index is 0.172. The smallest absolute Gasteiger partial charge is 0.228 e. The quantitative estimate of drug-likeness (QED) is 0.253. The maximum absolute atomic E-state index is 6.41. The number of benzene rings is 4. The summed E-state index contributed by atoms with van der Waals surface area (Å²) in [4.78, 5) is 9.60. The van der Waals surface area contributed by atoms with Gasteiger partial charge in [0.1, 0.15) is 30.2 Å². The Bertz CT molecular complexity index is 1860. The molecule has 1 aliphatic heterocycles. The van der Waals surface area contributed by atoms with Crippen molar-refractivity contribution in [3.8, 4) is 23.1 Å². The van der Waals surface area contributed by atoms with Crippen LogP contribution < -0.4 is 14.2 Å². The average Bonchev–Trinajstić information content (AvgIpc) is 3.40. The zero-order valence-electron chi connectivity index (χ0n) is 21.9. The lowest BCUT2D eigenvalue weighted by molar-refractivity contribution is 0.294. The van der Waals surface area contributed by atoms with E-state index in [0.29, 0.717) is 17.4 Å². The van der Waals surface area contributed by atoms with Gasteiger partial charge in [0.05, 0.1) is 12.7 Å². The summed E-state index contributed by atoms with van der Waals surface area (Å²) >= 11 is 0. The number of hydrogen-bond acceptors (Lipinski definition) is 6. The van der Waals surface area contributed by atoms with Gasteiger partial charge < -0.3 is 14.2 Å². The van der Waals surface area contributed by atoms with E-state index in [2.05, 4.69) is 67.4 Å². The second-order valence-electron chi connectivity index (χ2n) is 9.75. The number of ether oxygens (including phenoxy) is 3. The summed E-state index contributed by atoms with van der Waals surface area (Å²) in [5.74, 6) is 3.34. The zero-order chi connectivity index (χ0) is 26.5. The lowest BCUT2D eigenvalue weighted by atomic mass is 9.81. The van der Waals surface area contributed by atoms with Crippen LogP contribution in [0.15, 0.2) is 85.2 Å². The van der Waals surface area contributed by atoms with Crippen LogP contribution in [0.25, 0.3) is 16.4 Å². The molecule has 0 fully saturated rings. The van der Waals surface area contributed by atoms with Gasteiger partial charge in [0.25, 0.3) is 0 Å². The van der Waals surface area contributed by atoms with Crippen LogP contribution in [0.2, 0.25) is 0 Å². The molecule has 4 aromatic carbocycles. The highest BCUT2D eigenvalue weighted by molar-refractivity contribution is 5.90. The van der Waals surface area contributed by atoms with Crippen LogP contribution in [0.1, 0.15) is 39.6 Å². The zero-order valence-corrected chi connectivity index (χ0v) is 21.9. The van der Waals surface area contributed by atoms with Crippen LogP contribution in [0.4, 0.5) is 0 Å². The number of aryl methyl sites for hydroxylation is 1. The molecule has 39 heavy (non-hydrogen) atoms. The first kappa shape index (κ1) is 23.2. The van der Waals surface area contributed by atoms with Crippen LogP contribution in [0, 0.1) is 13.8 Å². The number of fused-ring (bicyclic) bond motifs is 6. The van der Waals surface area contributed by atoms with Crippen molar-refractivity contribution in [3.63, 3.8) is 0 Å². The van der Waals surface area contributed by atoms with Crippen LogP contribution in [0.3, 0.4) is 0 Å². The van der Waals surface area contributed by atoms with Gasteiger partial charge in [-0.25, -0.2) is 14.5 Å². The molecule has 1 aliphatic rings. The Kier molecular flexibility index (Phi) is 5.44. The molecule has 0 saturated heterocycles. The minimum atomic E-state index is -0.172. The van der Waals surface area contributed by atoms with Gasteiger partial charge in [0.15, 0.2) is 11.5 Å². The molecule has 0 bridgehead atoms. The molecule has 0 amide bonds. The number of aromatic nitrogens is 4. The monoisotopic (exact) mass is 514 g/mol. The Morgan fingerprint density at radius 2 is 1.74 bits per heavy atom. The fraction of sp³-hybridized carbons (Fsp3) is 0.156. The molecule has 2 aromatic heterocycles. The van der Waals surface area contributed by atoms with Crippen molar-refractivity contribution in [2.24, 2.45) is 0 Å². The molecule has 6 aromatic rings. The van der Waals surface area contributed by atoms with Gasteiger partial charge >= 0.3 is 0 Å². The number of rotatable bonds is 5. The van der Waals surface area contributed by atoms with Crippen LogP contribution >= 0.6 is 0 Å². The predicted octanol–water partition coefficient (Wildman–Crippen LogP) is 6.77. The van der Waals surface area contributed by atoms with Crippen molar-refractivity contribution in [1.29, 1.82) is 0 Å². The molecule has 0 unspecified atom stereocenters. The highest BCUT2D eigenvalue weighted by Gasteiger charge is 2.34. The number of hydrogen-bond donors (Lipinski definition) is 0. The molecule has 0 radical (unpaired) electrons. The van der Waals surface area contributed by atoms with Crippen LogP contribution in [0.5, 0.6) is 23.1 Å². The lowest BCUT2D eigenvalue weighted by Crippen LogP contribution is -2.15.